The number of amides is 1. The van der Waals surface area contributed by atoms with Crippen LogP contribution in [0.1, 0.15) is 16.2 Å². The Morgan fingerprint density at radius 2 is 2.14 bits per heavy atom. The molecule has 0 fully saturated rings. The second-order valence-corrected chi connectivity index (χ2v) is 4.51. The van der Waals surface area contributed by atoms with Crippen molar-refractivity contribution in [3.05, 3.63) is 70.5 Å². The molecule has 2 aromatic heterocycles. The highest BCUT2D eigenvalue weighted by molar-refractivity contribution is 5.95. The predicted octanol–water partition coefficient (Wildman–Crippen LogP) is 1.65. The third-order valence-corrected chi connectivity index (χ3v) is 2.99. The minimum absolute atomic E-state index is 0.136. The summed E-state index contributed by atoms with van der Waals surface area (Å²) >= 11 is 0. The molecule has 3 rings (SSSR count). The molecule has 7 heteroatoms. The molecule has 0 aliphatic rings. The number of carbonyl (C=O) groups excluding carboxylic acids is 1. The van der Waals surface area contributed by atoms with Crippen molar-refractivity contribution in [3.8, 4) is 0 Å². The Morgan fingerprint density at radius 3 is 2.91 bits per heavy atom. The van der Waals surface area contributed by atoms with Crippen molar-refractivity contribution in [2.45, 2.75) is 6.54 Å². The zero-order valence-corrected chi connectivity index (χ0v) is 11.2. The highest BCUT2D eigenvalue weighted by atomic mass is 19.1. The normalized spacial score (nSPS) is 10.6. The molecule has 0 bridgehead atoms. The van der Waals surface area contributed by atoms with E-state index < -0.39 is 17.3 Å². The van der Waals surface area contributed by atoms with Crippen LogP contribution in [0.4, 0.5) is 4.39 Å². The fourth-order valence-electron chi connectivity index (χ4n) is 1.96. The third kappa shape index (κ3) is 2.83. The highest BCUT2D eigenvalue weighted by Gasteiger charge is 2.12. The van der Waals surface area contributed by atoms with Crippen LogP contribution in [-0.2, 0) is 6.54 Å². The number of carbonyl (C=O) groups is 1. The molecule has 0 radical (unpaired) electrons. The molecule has 110 valence electrons. The van der Waals surface area contributed by atoms with Crippen LogP contribution >= 0.6 is 0 Å². The summed E-state index contributed by atoms with van der Waals surface area (Å²) in [7, 11) is 0. The van der Waals surface area contributed by atoms with Crippen molar-refractivity contribution in [2.24, 2.45) is 0 Å². The van der Waals surface area contributed by atoms with Gasteiger partial charge in [0.15, 0.2) is 5.76 Å². The minimum Gasteiger partial charge on any atom is -0.417 e. The molecule has 6 nitrogen and oxygen atoms in total. The first-order valence-corrected chi connectivity index (χ1v) is 6.40. The number of nitrogens with zero attached hydrogens (tertiary/aromatic N) is 2. The fraction of sp³-hybridized carbons (Fsp3) is 0.0667. The Morgan fingerprint density at radius 1 is 1.27 bits per heavy atom. The first-order chi connectivity index (χ1) is 10.6. The Balaban J connectivity index is 1.86. The van der Waals surface area contributed by atoms with Gasteiger partial charge in [-0.3, -0.25) is 14.8 Å². The summed E-state index contributed by atoms with van der Waals surface area (Å²) in [5, 5.41) is 3.08. The summed E-state index contributed by atoms with van der Waals surface area (Å²) in [6, 6.07) is 4.97. The number of hydrogen-bond donors (Lipinski definition) is 1. The van der Waals surface area contributed by atoms with Gasteiger partial charge < -0.3 is 9.73 Å². The van der Waals surface area contributed by atoms with Gasteiger partial charge in [0.2, 0.25) is 0 Å². The molecule has 2 heterocycles. The van der Waals surface area contributed by atoms with E-state index in [2.05, 4.69) is 15.3 Å². The summed E-state index contributed by atoms with van der Waals surface area (Å²) in [5.41, 5.74) is -0.132. The van der Waals surface area contributed by atoms with Crippen LogP contribution in [0, 0.1) is 5.82 Å². The standard InChI is InChI=1S/C15H10FN3O3/c16-10-1-2-12-9(5-10)6-13(22-15(12)21)14(20)19-8-11-7-17-3-4-18-11/h1-7H,8H2,(H,19,20). The molecule has 1 amide bonds. The van der Waals surface area contributed by atoms with Crippen LogP contribution in [0.5, 0.6) is 0 Å². The van der Waals surface area contributed by atoms with Crippen LogP contribution in [0.25, 0.3) is 10.8 Å². The molecule has 0 saturated carbocycles. The first kappa shape index (κ1) is 13.9. The van der Waals surface area contributed by atoms with Crippen molar-refractivity contribution < 1.29 is 13.6 Å². The number of benzene rings is 1. The molecule has 0 atom stereocenters. The van der Waals surface area contributed by atoms with Gasteiger partial charge in [-0.05, 0) is 29.7 Å². The highest BCUT2D eigenvalue weighted by Crippen LogP contribution is 2.14. The van der Waals surface area contributed by atoms with E-state index >= 15 is 0 Å². The Hall–Kier alpha value is -3.09. The summed E-state index contributed by atoms with van der Waals surface area (Å²) < 4.78 is 18.2. The maximum Gasteiger partial charge on any atom is 0.344 e. The van der Waals surface area contributed by atoms with Gasteiger partial charge in [-0.2, -0.15) is 0 Å². The van der Waals surface area contributed by atoms with Gasteiger partial charge in [-0.25, -0.2) is 9.18 Å². The number of rotatable bonds is 3. The van der Waals surface area contributed by atoms with Crippen molar-refractivity contribution in [2.75, 3.05) is 0 Å². The average Bonchev–Trinajstić information content (AvgIpc) is 2.53. The van der Waals surface area contributed by atoms with E-state index in [4.69, 9.17) is 4.42 Å². The predicted molar refractivity (Wildman–Crippen MR) is 75.6 cm³/mol. The van der Waals surface area contributed by atoms with Gasteiger partial charge in [-0.1, -0.05) is 0 Å². The Kier molecular flexibility index (Phi) is 3.61. The zero-order valence-electron chi connectivity index (χ0n) is 11.2. The number of hydrogen-bond acceptors (Lipinski definition) is 5. The summed E-state index contributed by atoms with van der Waals surface area (Å²) in [6.45, 7) is 0.136. The monoisotopic (exact) mass is 299 g/mol. The lowest BCUT2D eigenvalue weighted by atomic mass is 10.1. The average molecular weight is 299 g/mol. The minimum atomic E-state index is -0.692. The molecule has 0 saturated heterocycles. The van der Waals surface area contributed by atoms with Gasteiger partial charge in [-0.15, -0.1) is 0 Å². The molecule has 0 aliphatic carbocycles. The lowest BCUT2D eigenvalue weighted by Gasteiger charge is -2.04. The molecular formula is C15H10FN3O3. The zero-order chi connectivity index (χ0) is 15.5. The molecular weight excluding hydrogens is 289 g/mol. The summed E-state index contributed by atoms with van der Waals surface area (Å²) in [6.07, 6.45) is 4.52. The molecule has 22 heavy (non-hydrogen) atoms. The van der Waals surface area contributed by atoms with Gasteiger partial charge >= 0.3 is 5.63 Å². The molecule has 0 spiro atoms. The molecule has 0 aliphatic heterocycles. The van der Waals surface area contributed by atoms with Crippen LogP contribution in [-0.4, -0.2) is 15.9 Å². The van der Waals surface area contributed by atoms with E-state index in [-0.39, 0.29) is 17.7 Å². The van der Waals surface area contributed by atoms with Gasteiger partial charge in [0, 0.05) is 12.4 Å². The topological polar surface area (TPSA) is 85.1 Å². The van der Waals surface area contributed by atoms with Crippen molar-refractivity contribution >= 4 is 16.7 Å². The van der Waals surface area contributed by atoms with Gasteiger partial charge in [0.05, 0.1) is 23.8 Å². The second-order valence-electron chi connectivity index (χ2n) is 4.51. The number of nitrogens with one attached hydrogen (secondary N) is 1. The Bertz CT molecular complexity index is 893. The molecule has 3 aromatic rings. The quantitative estimate of drug-likeness (QED) is 0.795. The van der Waals surface area contributed by atoms with E-state index in [1.54, 1.807) is 0 Å². The van der Waals surface area contributed by atoms with Gasteiger partial charge in [0.25, 0.3) is 5.91 Å². The fourth-order valence-corrected chi connectivity index (χ4v) is 1.96. The Labute approximate surface area is 123 Å². The van der Waals surface area contributed by atoms with E-state index in [1.165, 1.54) is 36.8 Å². The van der Waals surface area contributed by atoms with Crippen molar-refractivity contribution in [1.82, 2.24) is 15.3 Å². The first-order valence-electron chi connectivity index (χ1n) is 6.40. The lowest BCUT2D eigenvalue weighted by Crippen LogP contribution is -2.24. The van der Waals surface area contributed by atoms with E-state index in [0.29, 0.717) is 11.1 Å². The van der Waals surface area contributed by atoms with Crippen LogP contribution in [0.2, 0.25) is 0 Å². The van der Waals surface area contributed by atoms with E-state index in [9.17, 15) is 14.0 Å². The van der Waals surface area contributed by atoms with E-state index in [1.807, 2.05) is 0 Å². The molecule has 1 N–H and O–H groups in total. The maximum absolute atomic E-state index is 13.2. The van der Waals surface area contributed by atoms with Crippen LogP contribution in [0.3, 0.4) is 0 Å². The van der Waals surface area contributed by atoms with Gasteiger partial charge in [0.1, 0.15) is 5.82 Å². The number of halogens is 1. The molecule has 0 unspecified atom stereocenters. The smallest absolute Gasteiger partial charge is 0.344 e. The second kappa shape index (κ2) is 5.72. The van der Waals surface area contributed by atoms with Crippen LogP contribution in [0.15, 0.2) is 52.1 Å². The number of aromatic nitrogens is 2. The molecule has 1 aromatic carbocycles. The summed E-state index contributed by atoms with van der Waals surface area (Å²) in [4.78, 5) is 31.7. The van der Waals surface area contributed by atoms with Crippen molar-refractivity contribution in [1.29, 1.82) is 0 Å². The lowest BCUT2D eigenvalue weighted by molar-refractivity contribution is 0.0918. The third-order valence-electron chi connectivity index (χ3n) is 2.99. The SMILES string of the molecule is O=C(NCc1cnccn1)c1cc2cc(F)ccc2c(=O)o1. The largest absolute Gasteiger partial charge is 0.417 e. The van der Waals surface area contributed by atoms with Crippen LogP contribution < -0.4 is 10.9 Å². The summed E-state index contributed by atoms with van der Waals surface area (Å²) in [5.74, 6) is -1.27. The number of fused-ring (bicyclic) bond motifs is 1. The van der Waals surface area contributed by atoms with Crippen molar-refractivity contribution in [3.63, 3.8) is 0 Å². The van der Waals surface area contributed by atoms with E-state index in [0.717, 1.165) is 6.07 Å². The maximum atomic E-state index is 13.2.